The number of aromatic nitrogens is 2. The summed E-state index contributed by atoms with van der Waals surface area (Å²) in [6.07, 6.45) is 13.7. The van der Waals surface area contributed by atoms with Crippen LogP contribution < -0.4 is 19.3 Å². The van der Waals surface area contributed by atoms with E-state index in [-0.39, 0.29) is 5.97 Å². The van der Waals surface area contributed by atoms with E-state index in [9.17, 15) is 4.79 Å². The van der Waals surface area contributed by atoms with Crippen molar-refractivity contribution in [1.82, 2.24) is 9.97 Å². The molecule has 0 spiro atoms. The summed E-state index contributed by atoms with van der Waals surface area (Å²) in [5.41, 5.74) is 0. The number of fused-ring (bicyclic) bond motifs is 6. The molecule has 10 heteroatoms. The molecule has 0 bridgehead atoms. The number of halogens is 1. The Morgan fingerprint density at radius 2 is 1.60 bits per heavy atom. The molecule has 4 aliphatic heterocycles. The second-order valence-electron chi connectivity index (χ2n) is 12.9. The van der Waals surface area contributed by atoms with Gasteiger partial charge >= 0.3 is 5.97 Å². The van der Waals surface area contributed by atoms with Crippen molar-refractivity contribution in [3.05, 3.63) is 28.1 Å². The standard InChI is InChI=1S/C23H36N2O3S.C12H15IN2O/c1-4-7-8-17(5-2)15-27-21(26)10-12-29-20-9-11-24-23-22(20)28-16-19-13-18(6-3)14-25(19)23;1-2-8-5-9-7-16-11-10(13)3-4-14-12(11)15(9)6-8/h9,11,17-19H,4-8,10,12-16H2,1-3H3;3-4,8-9H,2,5-7H2,1H3/t17?,18?,19-;8?,9-/m00/s1. The van der Waals surface area contributed by atoms with Crippen molar-refractivity contribution < 1.29 is 19.0 Å². The Morgan fingerprint density at radius 3 is 2.22 bits per heavy atom. The molecule has 45 heavy (non-hydrogen) atoms. The number of carbonyl (C=O) groups is 1. The van der Waals surface area contributed by atoms with Crippen LogP contribution in [0.3, 0.4) is 0 Å². The molecule has 248 valence electrons. The lowest BCUT2D eigenvalue weighted by Gasteiger charge is -2.33. The van der Waals surface area contributed by atoms with Gasteiger partial charge in [-0.15, -0.1) is 11.8 Å². The van der Waals surface area contributed by atoms with E-state index in [2.05, 4.69) is 70.1 Å². The summed E-state index contributed by atoms with van der Waals surface area (Å²) in [6, 6.07) is 5.01. The number of ether oxygens (including phenoxy) is 3. The van der Waals surface area contributed by atoms with Gasteiger partial charge in [0.05, 0.1) is 33.6 Å². The topological polar surface area (TPSA) is 77.0 Å². The lowest BCUT2D eigenvalue weighted by atomic mass is 10.0. The van der Waals surface area contributed by atoms with E-state index in [1.165, 1.54) is 42.1 Å². The number of anilines is 2. The van der Waals surface area contributed by atoms with Gasteiger partial charge in [0.15, 0.2) is 23.1 Å². The second kappa shape index (κ2) is 16.7. The molecular formula is C35H51IN4O4S. The molecule has 6 rings (SSSR count). The van der Waals surface area contributed by atoms with Crippen LogP contribution >= 0.6 is 34.4 Å². The van der Waals surface area contributed by atoms with Gasteiger partial charge in [-0.1, -0.05) is 59.8 Å². The zero-order chi connectivity index (χ0) is 31.8. The highest BCUT2D eigenvalue weighted by molar-refractivity contribution is 14.1. The van der Waals surface area contributed by atoms with E-state index in [0.29, 0.717) is 36.8 Å². The number of unbranched alkanes of at least 4 members (excludes halogenated alkanes) is 1. The van der Waals surface area contributed by atoms with Gasteiger partial charge in [-0.3, -0.25) is 4.79 Å². The molecule has 8 nitrogen and oxygen atoms in total. The van der Waals surface area contributed by atoms with Crippen LogP contribution in [-0.2, 0) is 9.53 Å². The zero-order valence-electron chi connectivity index (χ0n) is 27.5. The molecule has 2 fully saturated rings. The SMILES string of the molecule is CCC1C[C@H]2COc3c(I)ccnc3N2C1.CCCCC(CC)COC(=O)CCSc1ccnc2c1OC[C@@H]1CC(CC)CN21. The summed E-state index contributed by atoms with van der Waals surface area (Å²) in [5, 5.41) is 0. The average Bonchev–Trinajstić information content (AvgIpc) is 3.70. The van der Waals surface area contributed by atoms with Crippen molar-refractivity contribution in [3.63, 3.8) is 0 Å². The number of hydrogen-bond acceptors (Lipinski definition) is 9. The first-order valence-electron chi connectivity index (χ1n) is 17.2. The first-order chi connectivity index (χ1) is 21.9. The van der Waals surface area contributed by atoms with Crippen molar-refractivity contribution in [1.29, 1.82) is 0 Å². The van der Waals surface area contributed by atoms with Gasteiger partial charge < -0.3 is 24.0 Å². The maximum Gasteiger partial charge on any atom is 0.306 e. The van der Waals surface area contributed by atoms with Gasteiger partial charge in [0.2, 0.25) is 0 Å². The largest absolute Gasteiger partial charge is 0.486 e. The molecule has 2 aromatic rings. The van der Waals surface area contributed by atoms with Gasteiger partial charge in [-0.05, 0) is 71.7 Å². The molecule has 0 radical (unpaired) electrons. The summed E-state index contributed by atoms with van der Waals surface area (Å²) in [7, 11) is 0. The number of thioether (sulfide) groups is 1. The molecule has 0 N–H and O–H groups in total. The summed E-state index contributed by atoms with van der Waals surface area (Å²) >= 11 is 3.99. The third-order valence-corrected chi connectivity index (χ3v) is 11.7. The molecule has 0 amide bonds. The van der Waals surface area contributed by atoms with Crippen LogP contribution in [0.25, 0.3) is 0 Å². The number of pyridine rings is 2. The van der Waals surface area contributed by atoms with E-state index in [1.807, 2.05) is 24.5 Å². The molecule has 0 aromatic carbocycles. The smallest absolute Gasteiger partial charge is 0.306 e. The van der Waals surface area contributed by atoms with Crippen LogP contribution in [0.5, 0.6) is 11.5 Å². The molecule has 0 saturated carbocycles. The predicted octanol–water partition coefficient (Wildman–Crippen LogP) is 8.00. The quantitative estimate of drug-likeness (QED) is 0.122. The van der Waals surface area contributed by atoms with E-state index < -0.39 is 0 Å². The van der Waals surface area contributed by atoms with E-state index in [1.54, 1.807) is 11.8 Å². The normalized spacial score (nSPS) is 23.4. The van der Waals surface area contributed by atoms with Crippen LogP contribution in [-0.4, -0.2) is 66.7 Å². The van der Waals surface area contributed by atoms with Gasteiger partial charge in [0.25, 0.3) is 0 Å². The Hall–Kier alpha value is -1.95. The van der Waals surface area contributed by atoms with Gasteiger partial charge in [0.1, 0.15) is 13.2 Å². The second-order valence-corrected chi connectivity index (χ2v) is 15.2. The van der Waals surface area contributed by atoms with Crippen LogP contribution in [0, 0.1) is 21.3 Å². The maximum absolute atomic E-state index is 12.1. The molecule has 0 aliphatic carbocycles. The average molecular weight is 751 g/mol. The van der Waals surface area contributed by atoms with Crippen molar-refractivity contribution in [2.24, 2.45) is 17.8 Å². The Morgan fingerprint density at radius 1 is 0.978 bits per heavy atom. The minimum absolute atomic E-state index is 0.0957. The van der Waals surface area contributed by atoms with Gasteiger partial charge in [0, 0.05) is 31.2 Å². The van der Waals surface area contributed by atoms with Crippen LogP contribution in [0.1, 0.15) is 85.5 Å². The third-order valence-electron chi connectivity index (χ3n) is 9.82. The molecule has 3 unspecified atom stereocenters. The van der Waals surface area contributed by atoms with E-state index in [4.69, 9.17) is 14.2 Å². The highest BCUT2D eigenvalue weighted by Crippen LogP contribution is 2.44. The van der Waals surface area contributed by atoms with Crippen molar-refractivity contribution in [2.45, 2.75) is 102 Å². The summed E-state index contributed by atoms with van der Waals surface area (Å²) in [6.45, 7) is 13.2. The minimum atomic E-state index is -0.0957. The number of rotatable bonds is 12. The Balaban J connectivity index is 0.000000209. The third kappa shape index (κ3) is 8.51. The summed E-state index contributed by atoms with van der Waals surface area (Å²) in [4.78, 5) is 27.2. The highest BCUT2D eigenvalue weighted by Gasteiger charge is 2.39. The molecule has 6 heterocycles. The maximum atomic E-state index is 12.1. The first kappa shape index (κ1) is 34.4. The molecular weight excluding hydrogens is 699 g/mol. The summed E-state index contributed by atoms with van der Waals surface area (Å²) in [5.74, 6) is 6.54. The predicted molar refractivity (Wildman–Crippen MR) is 191 cm³/mol. The Labute approximate surface area is 287 Å². The zero-order valence-corrected chi connectivity index (χ0v) is 30.5. The fraction of sp³-hybridized carbons (Fsp3) is 0.686. The number of carbonyl (C=O) groups excluding carboxylic acids is 1. The molecule has 5 atom stereocenters. The fourth-order valence-electron chi connectivity index (χ4n) is 6.86. The van der Waals surface area contributed by atoms with E-state index in [0.717, 1.165) is 79.0 Å². The van der Waals surface area contributed by atoms with Crippen molar-refractivity contribution in [3.8, 4) is 11.5 Å². The van der Waals surface area contributed by atoms with Crippen molar-refractivity contribution >= 4 is 52.0 Å². The van der Waals surface area contributed by atoms with Gasteiger partial charge in [-0.2, -0.15) is 0 Å². The lowest BCUT2D eigenvalue weighted by Crippen LogP contribution is -2.39. The van der Waals surface area contributed by atoms with E-state index >= 15 is 0 Å². The van der Waals surface area contributed by atoms with Gasteiger partial charge in [-0.25, -0.2) is 9.97 Å². The summed E-state index contributed by atoms with van der Waals surface area (Å²) < 4.78 is 18.6. The van der Waals surface area contributed by atoms with Crippen LogP contribution in [0.15, 0.2) is 29.4 Å². The lowest BCUT2D eigenvalue weighted by molar-refractivity contribution is -0.144. The Kier molecular flexibility index (Phi) is 12.8. The molecule has 4 aliphatic rings. The molecule has 2 saturated heterocycles. The monoisotopic (exact) mass is 750 g/mol. The first-order valence-corrected chi connectivity index (χ1v) is 19.2. The van der Waals surface area contributed by atoms with Crippen LogP contribution in [0.4, 0.5) is 11.6 Å². The fourth-order valence-corrected chi connectivity index (χ4v) is 8.35. The minimum Gasteiger partial charge on any atom is -0.486 e. The number of nitrogens with zero attached hydrogens (tertiary/aromatic N) is 4. The number of esters is 1. The van der Waals surface area contributed by atoms with Crippen molar-refractivity contribution in [2.75, 3.05) is 48.5 Å². The highest BCUT2D eigenvalue weighted by atomic mass is 127. The number of hydrogen-bond donors (Lipinski definition) is 0. The van der Waals surface area contributed by atoms with Crippen LogP contribution in [0.2, 0.25) is 0 Å². The molecule has 2 aromatic heterocycles. The Bertz CT molecular complexity index is 1270.